The minimum Gasteiger partial charge on any atom is -0.354 e. The summed E-state index contributed by atoms with van der Waals surface area (Å²) >= 11 is 0. The molecule has 18 heavy (non-hydrogen) atoms. The van der Waals surface area contributed by atoms with Crippen LogP contribution in [0.25, 0.3) is 0 Å². The third-order valence-corrected chi connectivity index (χ3v) is 5.42. The maximum atomic E-state index is 12.2. The van der Waals surface area contributed by atoms with Gasteiger partial charge >= 0.3 is 0 Å². The van der Waals surface area contributed by atoms with E-state index in [4.69, 9.17) is 0 Å². The second kappa shape index (κ2) is 4.52. The van der Waals surface area contributed by atoms with E-state index in [9.17, 15) is 4.79 Å². The minimum absolute atomic E-state index is 0.0833. The number of amides is 1. The Bertz CT molecular complexity index is 325. The zero-order valence-corrected chi connectivity index (χ0v) is 11.7. The average molecular weight is 250 g/mol. The molecular weight excluding hydrogens is 224 g/mol. The van der Waals surface area contributed by atoms with E-state index in [0.717, 1.165) is 18.9 Å². The highest BCUT2D eigenvalue weighted by Gasteiger charge is 2.46. The third-order valence-electron chi connectivity index (χ3n) is 5.42. The van der Waals surface area contributed by atoms with Crippen molar-refractivity contribution in [1.29, 1.82) is 0 Å². The lowest BCUT2D eigenvalue weighted by atomic mass is 9.85. The molecule has 0 bridgehead atoms. The molecule has 102 valence electrons. The van der Waals surface area contributed by atoms with Crippen LogP contribution in [0.15, 0.2) is 0 Å². The first-order valence-electron chi connectivity index (χ1n) is 7.60. The molecule has 1 amide bonds. The molecule has 3 fully saturated rings. The monoisotopic (exact) mass is 250 g/mol. The Morgan fingerprint density at radius 1 is 1.33 bits per heavy atom. The first-order valence-corrected chi connectivity index (χ1v) is 7.60. The van der Waals surface area contributed by atoms with Crippen molar-refractivity contribution in [2.24, 2.45) is 17.3 Å². The van der Waals surface area contributed by atoms with Gasteiger partial charge in [-0.1, -0.05) is 26.7 Å². The lowest BCUT2D eigenvalue weighted by Gasteiger charge is -2.24. The summed E-state index contributed by atoms with van der Waals surface area (Å²) in [7, 11) is 0. The zero-order valence-electron chi connectivity index (χ0n) is 11.7. The van der Waals surface area contributed by atoms with Crippen LogP contribution in [0.4, 0.5) is 0 Å². The van der Waals surface area contributed by atoms with E-state index in [-0.39, 0.29) is 11.9 Å². The number of hydrogen-bond acceptors (Lipinski definition) is 2. The minimum atomic E-state index is 0.0833. The molecule has 1 saturated heterocycles. The summed E-state index contributed by atoms with van der Waals surface area (Å²) in [5.74, 6) is 1.70. The first kappa shape index (κ1) is 12.5. The van der Waals surface area contributed by atoms with Gasteiger partial charge in [-0.15, -0.1) is 0 Å². The summed E-state index contributed by atoms with van der Waals surface area (Å²) in [6, 6.07) is 0.701. The molecule has 0 aromatic heterocycles. The van der Waals surface area contributed by atoms with Crippen molar-refractivity contribution in [2.45, 2.75) is 64.5 Å². The molecule has 0 spiro atoms. The predicted molar refractivity (Wildman–Crippen MR) is 72.2 cm³/mol. The Morgan fingerprint density at radius 2 is 2.06 bits per heavy atom. The molecule has 1 aliphatic heterocycles. The molecular formula is C15H26N2O. The molecule has 4 unspecified atom stereocenters. The number of hydrogen-bond donors (Lipinski definition) is 2. The van der Waals surface area contributed by atoms with Crippen LogP contribution in [0.2, 0.25) is 0 Å². The Balaban J connectivity index is 1.46. The number of rotatable bonds is 3. The van der Waals surface area contributed by atoms with Crippen LogP contribution in [0, 0.1) is 17.3 Å². The maximum absolute atomic E-state index is 12.2. The van der Waals surface area contributed by atoms with Gasteiger partial charge in [-0.05, 0) is 42.9 Å². The second-order valence-electron chi connectivity index (χ2n) is 7.24. The molecule has 2 aliphatic carbocycles. The van der Waals surface area contributed by atoms with Gasteiger partial charge in [0.1, 0.15) is 0 Å². The Morgan fingerprint density at radius 3 is 2.72 bits per heavy atom. The fourth-order valence-electron chi connectivity index (χ4n) is 3.79. The van der Waals surface area contributed by atoms with Gasteiger partial charge in [0.15, 0.2) is 0 Å². The van der Waals surface area contributed by atoms with E-state index in [2.05, 4.69) is 24.5 Å². The number of fused-ring (bicyclic) bond motifs is 1. The molecule has 4 atom stereocenters. The molecule has 2 saturated carbocycles. The predicted octanol–water partition coefficient (Wildman–Crippen LogP) is 2.07. The van der Waals surface area contributed by atoms with Crippen molar-refractivity contribution in [3.8, 4) is 0 Å². The van der Waals surface area contributed by atoms with Crippen LogP contribution < -0.4 is 10.6 Å². The van der Waals surface area contributed by atoms with Crippen LogP contribution in [0.1, 0.15) is 52.4 Å². The molecule has 3 rings (SSSR count). The van der Waals surface area contributed by atoms with Gasteiger partial charge in [0, 0.05) is 12.6 Å². The van der Waals surface area contributed by atoms with Gasteiger partial charge < -0.3 is 10.6 Å². The smallest absolute Gasteiger partial charge is 0.237 e. The van der Waals surface area contributed by atoms with Gasteiger partial charge in [0.2, 0.25) is 5.91 Å². The number of carbonyl (C=O) groups excluding carboxylic acids is 1. The van der Waals surface area contributed by atoms with Crippen LogP contribution in [-0.2, 0) is 4.79 Å². The first-order chi connectivity index (χ1) is 8.56. The van der Waals surface area contributed by atoms with Crippen LogP contribution in [-0.4, -0.2) is 24.5 Å². The highest BCUT2D eigenvalue weighted by atomic mass is 16.2. The van der Waals surface area contributed by atoms with Crippen molar-refractivity contribution < 1.29 is 4.79 Å². The van der Waals surface area contributed by atoms with Crippen molar-refractivity contribution in [3.05, 3.63) is 0 Å². The Kier molecular flexibility index (Phi) is 3.13. The molecule has 3 aliphatic rings. The Labute approximate surface area is 110 Å². The van der Waals surface area contributed by atoms with Gasteiger partial charge in [-0.3, -0.25) is 4.79 Å². The zero-order chi connectivity index (χ0) is 12.8. The molecule has 3 nitrogen and oxygen atoms in total. The van der Waals surface area contributed by atoms with E-state index in [1.165, 1.54) is 32.1 Å². The average Bonchev–Trinajstić information content (AvgIpc) is 2.77. The van der Waals surface area contributed by atoms with E-state index in [0.29, 0.717) is 17.4 Å². The summed E-state index contributed by atoms with van der Waals surface area (Å²) < 4.78 is 0. The van der Waals surface area contributed by atoms with Crippen LogP contribution >= 0.6 is 0 Å². The molecule has 0 aromatic carbocycles. The molecule has 0 radical (unpaired) electrons. The summed E-state index contributed by atoms with van der Waals surface area (Å²) in [5.41, 5.74) is 0.463. The van der Waals surface area contributed by atoms with E-state index in [1.54, 1.807) is 0 Å². The van der Waals surface area contributed by atoms with Gasteiger partial charge in [-0.25, -0.2) is 0 Å². The van der Waals surface area contributed by atoms with E-state index in [1.807, 2.05) is 0 Å². The third kappa shape index (κ3) is 2.42. The SMILES string of the molecule is CC1(C)CC1CNC(=O)C1CC2CCCCC2N1. The van der Waals surface area contributed by atoms with Crippen LogP contribution in [0.5, 0.6) is 0 Å². The van der Waals surface area contributed by atoms with Gasteiger partial charge in [0.25, 0.3) is 0 Å². The van der Waals surface area contributed by atoms with Gasteiger partial charge in [-0.2, -0.15) is 0 Å². The lowest BCUT2D eigenvalue weighted by molar-refractivity contribution is -0.123. The fraction of sp³-hybridized carbons (Fsp3) is 0.933. The fourth-order valence-corrected chi connectivity index (χ4v) is 3.79. The van der Waals surface area contributed by atoms with Gasteiger partial charge in [0.05, 0.1) is 6.04 Å². The maximum Gasteiger partial charge on any atom is 0.237 e. The highest BCUT2D eigenvalue weighted by molar-refractivity contribution is 5.82. The van der Waals surface area contributed by atoms with E-state index < -0.39 is 0 Å². The van der Waals surface area contributed by atoms with Crippen molar-refractivity contribution >= 4 is 5.91 Å². The second-order valence-corrected chi connectivity index (χ2v) is 7.24. The summed E-state index contributed by atoms with van der Waals surface area (Å²) in [4.78, 5) is 12.2. The number of carbonyl (C=O) groups is 1. The lowest BCUT2D eigenvalue weighted by Crippen LogP contribution is -2.43. The molecule has 1 heterocycles. The molecule has 2 N–H and O–H groups in total. The van der Waals surface area contributed by atoms with Crippen molar-refractivity contribution in [3.63, 3.8) is 0 Å². The summed E-state index contributed by atoms with van der Waals surface area (Å²) in [5, 5.41) is 6.70. The standard InChI is InChI=1S/C15H26N2O/c1-15(2)8-11(15)9-16-14(18)13-7-10-5-3-4-6-12(10)17-13/h10-13,17H,3-9H2,1-2H3,(H,16,18). The normalized spacial score (nSPS) is 41.2. The largest absolute Gasteiger partial charge is 0.354 e. The highest BCUT2D eigenvalue weighted by Crippen LogP contribution is 2.51. The van der Waals surface area contributed by atoms with E-state index >= 15 is 0 Å². The Hall–Kier alpha value is -0.570. The summed E-state index contributed by atoms with van der Waals surface area (Å²) in [6.07, 6.45) is 7.59. The number of nitrogens with one attached hydrogen (secondary N) is 2. The quantitative estimate of drug-likeness (QED) is 0.805. The van der Waals surface area contributed by atoms with Crippen LogP contribution in [0.3, 0.4) is 0 Å². The van der Waals surface area contributed by atoms with Crippen molar-refractivity contribution in [1.82, 2.24) is 10.6 Å². The van der Waals surface area contributed by atoms with Crippen molar-refractivity contribution in [2.75, 3.05) is 6.54 Å². The summed E-state index contributed by atoms with van der Waals surface area (Å²) in [6.45, 7) is 5.44. The molecule has 3 heteroatoms. The molecule has 0 aromatic rings. The topological polar surface area (TPSA) is 41.1 Å².